The van der Waals surface area contributed by atoms with Crippen molar-refractivity contribution in [2.75, 3.05) is 0 Å². The summed E-state index contributed by atoms with van der Waals surface area (Å²) in [6, 6.07) is 32.4. The average Bonchev–Trinajstić information content (AvgIpc) is 2.73. The zero-order chi connectivity index (χ0) is 19.2. The predicted octanol–water partition coefficient (Wildman–Crippen LogP) is 7.83. The average molecular weight is 433 g/mol. The summed E-state index contributed by atoms with van der Waals surface area (Å²) in [4.78, 5) is 0. The molecule has 0 heterocycles. The van der Waals surface area contributed by atoms with E-state index in [1.165, 1.54) is 0 Å². The van der Waals surface area contributed by atoms with E-state index < -0.39 is 0 Å². The molecule has 0 aromatic heterocycles. The normalized spacial score (nSPS) is 10.3. The minimum Gasteiger partial charge on any atom is -0.457 e. The van der Waals surface area contributed by atoms with Crippen LogP contribution in [-0.4, -0.2) is 0 Å². The Morgan fingerprint density at radius 2 is 0.643 bits per heavy atom. The van der Waals surface area contributed by atoms with Crippen LogP contribution in [0.25, 0.3) is 0 Å². The lowest BCUT2D eigenvalue weighted by Gasteiger charge is -2.09. The molecule has 0 bridgehead atoms. The van der Waals surface area contributed by atoms with E-state index in [2.05, 4.69) is 15.9 Å². The van der Waals surface area contributed by atoms with Gasteiger partial charge in [0.25, 0.3) is 0 Å². The molecule has 4 aromatic rings. The van der Waals surface area contributed by atoms with E-state index >= 15 is 0 Å². The number of hydrogen-bond donors (Lipinski definition) is 0. The third-order valence-corrected chi connectivity index (χ3v) is 4.44. The summed E-state index contributed by atoms with van der Waals surface area (Å²) in [5, 5.41) is 0. The van der Waals surface area contributed by atoms with Crippen molar-refractivity contribution in [3.8, 4) is 34.5 Å². The van der Waals surface area contributed by atoms with Crippen LogP contribution in [0.1, 0.15) is 0 Å². The lowest BCUT2D eigenvalue weighted by Crippen LogP contribution is -1.87. The molecule has 0 saturated heterocycles. The summed E-state index contributed by atoms with van der Waals surface area (Å²) in [6.07, 6.45) is 0. The zero-order valence-corrected chi connectivity index (χ0v) is 16.5. The number of hydrogen-bond acceptors (Lipinski definition) is 3. The van der Waals surface area contributed by atoms with Crippen molar-refractivity contribution in [1.82, 2.24) is 0 Å². The van der Waals surface area contributed by atoms with Crippen molar-refractivity contribution in [2.24, 2.45) is 0 Å². The van der Waals surface area contributed by atoms with Gasteiger partial charge < -0.3 is 14.2 Å². The van der Waals surface area contributed by atoms with Crippen LogP contribution >= 0.6 is 15.9 Å². The van der Waals surface area contributed by atoms with E-state index in [0.29, 0.717) is 0 Å². The topological polar surface area (TPSA) is 27.7 Å². The number of benzene rings is 4. The SMILES string of the molecule is Brc1ccc(Oc2ccc(Oc3ccc(Oc4ccccc4)cc3)cc2)cc1. The maximum atomic E-state index is 5.89. The minimum absolute atomic E-state index is 0.736. The number of halogens is 1. The molecule has 4 rings (SSSR count). The molecule has 0 aliphatic rings. The van der Waals surface area contributed by atoms with Gasteiger partial charge in [-0.05, 0) is 84.9 Å². The molecule has 0 amide bonds. The summed E-state index contributed by atoms with van der Waals surface area (Å²) in [5.41, 5.74) is 0. The highest BCUT2D eigenvalue weighted by Crippen LogP contribution is 2.29. The van der Waals surface area contributed by atoms with E-state index in [-0.39, 0.29) is 0 Å². The van der Waals surface area contributed by atoms with Gasteiger partial charge in [-0.2, -0.15) is 0 Å². The highest BCUT2D eigenvalue weighted by Gasteiger charge is 2.02. The molecule has 138 valence electrons. The molecule has 4 aromatic carbocycles. The molecule has 0 aliphatic heterocycles. The van der Waals surface area contributed by atoms with Gasteiger partial charge in [-0.15, -0.1) is 0 Å². The second kappa shape index (κ2) is 8.63. The first kappa shape index (κ1) is 18.1. The monoisotopic (exact) mass is 432 g/mol. The van der Waals surface area contributed by atoms with Crippen LogP contribution < -0.4 is 14.2 Å². The summed E-state index contributed by atoms with van der Waals surface area (Å²) < 4.78 is 18.5. The Balaban J connectivity index is 1.36. The van der Waals surface area contributed by atoms with Gasteiger partial charge in [-0.1, -0.05) is 34.1 Å². The number of para-hydroxylation sites is 1. The van der Waals surface area contributed by atoms with Crippen LogP contribution in [-0.2, 0) is 0 Å². The summed E-state index contributed by atoms with van der Waals surface area (Å²) in [7, 11) is 0. The standard InChI is InChI=1S/C24H17BrO3/c25-18-6-8-20(9-7-18)27-22-14-16-24(17-15-22)28-23-12-10-21(11-13-23)26-19-4-2-1-3-5-19/h1-17H. The quantitative estimate of drug-likeness (QED) is 0.310. The minimum atomic E-state index is 0.736. The molecule has 0 aliphatic carbocycles. The molecule has 0 atom stereocenters. The Morgan fingerprint density at radius 3 is 1.00 bits per heavy atom. The Labute approximate surface area is 172 Å². The second-order valence-electron chi connectivity index (χ2n) is 6.02. The molecule has 0 fully saturated rings. The Kier molecular flexibility index (Phi) is 5.59. The first-order chi connectivity index (χ1) is 13.7. The van der Waals surface area contributed by atoms with Crippen LogP contribution in [0.5, 0.6) is 34.5 Å². The first-order valence-corrected chi connectivity index (χ1v) is 9.58. The lowest BCUT2D eigenvalue weighted by atomic mass is 10.3. The molecule has 0 radical (unpaired) electrons. The van der Waals surface area contributed by atoms with Gasteiger partial charge in [-0.3, -0.25) is 0 Å². The van der Waals surface area contributed by atoms with Crippen molar-refractivity contribution in [3.63, 3.8) is 0 Å². The largest absolute Gasteiger partial charge is 0.457 e. The fourth-order valence-corrected chi connectivity index (χ4v) is 2.82. The molecular formula is C24H17BrO3. The van der Waals surface area contributed by atoms with E-state index in [1.54, 1.807) is 0 Å². The van der Waals surface area contributed by atoms with Gasteiger partial charge in [0.15, 0.2) is 0 Å². The highest BCUT2D eigenvalue weighted by atomic mass is 79.9. The van der Waals surface area contributed by atoms with Crippen molar-refractivity contribution in [2.45, 2.75) is 0 Å². The second-order valence-corrected chi connectivity index (χ2v) is 6.93. The summed E-state index contributed by atoms with van der Waals surface area (Å²) >= 11 is 3.41. The molecule has 3 nitrogen and oxygen atoms in total. The van der Waals surface area contributed by atoms with Gasteiger partial charge in [-0.25, -0.2) is 0 Å². The van der Waals surface area contributed by atoms with Gasteiger partial charge in [0, 0.05) is 4.47 Å². The Morgan fingerprint density at radius 1 is 0.357 bits per heavy atom. The molecule has 0 spiro atoms. The molecule has 0 saturated carbocycles. The Hall–Kier alpha value is -3.24. The lowest BCUT2D eigenvalue weighted by molar-refractivity contribution is 0.464. The first-order valence-electron chi connectivity index (χ1n) is 8.79. The van der Waals surface area contributed by atoms with Gasteiger partial charge in [0.2, 0.25) is 0 Å². The van der Waals surface area contributed by atoms with Gasteiger partial charge in [0.1, 0.15) is 34.5 Å². The van der Waals surface area contributed by atoms with E-state index in [1.807, 2.05) is 103 Å². The number of ether oxygens (including phenoxy) is 3. The summed E-state index contributed by atoms with van der Waals surface area (Å²) in [6.45, 7) is 0. The molecule has 4 heteroatoms. The maximum Gasteiger partial charge on any atom is 0.127 e. The van der Waals surface area contributed by atoms with Crippen LogP contribution in [0.4, 0.5) is 0 Å². The van der Waals surface area contributed by atoms with Crippen molar-refractivity contribution in [1.29, 1.82) is 0 Å². The van der Waals surface area contributed by atoms with Crippen LogP contribution in [0.15, 0.2) is 108 Å². The van der Waals surface area contributed by atoms with Crippen molar-refractivity contribution in [3.05, 3.63) is 108 Å². The fraction of sp³-hybridized carbons (Fsp3) is 0. The van der Waals surface area contributed by atoms with E-state index in [9.17, 15) is 0 Å². The Bertz CT molecular complexity index is 1010. The molecule has 0 N–H and O–H groups in total. The van der Waals surface area contributed by atoms with Crippen molar-refractivity contribution >= 4 is 15.9 Å². The third-order valence-electron chi connectivity index (χ3n) is 3.91. The number of rotatable bonds is 6. The maximum absolute atomic E-state index is 5.89. The van der Waals surface area contributed by atoms with Crippen molar-refractivity contribution < 1.29 is 14.2 Å². The molecule has 0 unspecified atom stereocenters. The predicted molar refractivity (Wildman–Crippen MR) is 114 cm³/mol. The van der Waals surface area contributed by atoms with Gasteiger partial charge >= 0.3 is 0 Å². The smallest absolute Gasteiger partial charge is 0.127 e. The van der Waals surface area contributed by atoms with Crippen LogP contribution in [0.2, 0.25) is 0 Å². The highest BCUT2D eigenvalue weighted by molar-refractivity contribution is 9.10. The molecule has 28 heavy (non-hydrogen) atoms. The molecular weight excluding hydrogens is 416 g/mol. The van der Waals surface area contributed by atoms with E-state index in [4.69, 9.17) is 14.2 Å². The zero-order valence-electron chi connectivity index (χ0n) is 14.9. The van der Waals surface area contributed by atoms with Crippen LogP contribution in [0, 0.1) is 0 Å². The fourth-order valence-electron chi connectivity index (χ4n) is 2.55. The van der Waals surface area contributed by atoms with E-state index in [0.717, 1.165) is 39.0 Å². The third kappa shape index (κ3) is 4.93. The van der Waals surface area contributed by atoms with Crippen LogP contribution in [0.3, 0.4) is 0 Å². The van der Waals surface area contributed by atoms with Gasteiger partial charge in [0.05, 0.1) is 0 Å². The summed E-state index contributed by atoms with van der Waals surface area (Å²) in [5.74, 6) is 4.57.